The third kappa shape index (κ3) is 5.47. The number of ether oxygens (including phenoxy) is 1. The van der Waals surface area contributed by atoms with Gasteiger partial charge in [0.1, 0.15) is 0 Å². The van der Waals surface area contributed by atoms with Crippen LogP contribution in [-0.4, -0.2) is 29.4 Å². The predicted molar refractivity (Wildman–Crippen MR) is 75.5 cm³/mol. The van der Waals surface area contributed by atoms with Crippen LogP contribution >= 0.6 is 12.4 Å². The Morgan fingerprint density at radius 3 is 3.00 bits per heavy atom. The number of nitrogens with zero attached hydrogens (tertiary/aromatic N) is 2. The van der Waals surface area contributed by atoms with Gasteiger partial charge in [0.2, 0.25) is 5.89 Å². The topological polar surface area (TPSA) is 60.2 Å². The van der Waals surface area contributed by atoms with Crippen LogP contribution in [0.5, 0.6) is 0 Å². The Morgan fingerprint density at radius 1 is 1.37 bits per heavy atom. The van der Waals surface area contributed by atoms with E-state index in [1.54, 1.807) is 0 Å². The highest BCUT2D eigenvalue weighted by Crippen LogP contribution is 2.20. The number of hydrogen-bond donors (Lipinski definition) is 1. The van der Waals surface area contributed by atoms with E-state index < -0.39 is 0 Å². The summed E-state index contributed by atoms with van der Waals surface area (Å²) >= 11 is 0. The molecular weight excluding hydrogens is 266 g/mol. The fourth-order valence-electron chi connectivity index (χ4n) is 2.14. The van der Waals surface area contributed by atoms with Crippen LogP contribution in [0, 0.1) is 0 Å². The van der Waals surface area contributed by atoms with Crippen molar-refractivity contribution in [2.45, 2.75) is 58.1 Å². The van der Waals surface area contributed by atoms with Crippen LogP contribution in [0.25, 0.3) is 0 Å². The van der Waals surface area contributed by atoms with Crippen molar-refractivity contribution in [1.82, 2.24) is 15.5 Å². The summed E-state index contributed by atoms with van der Waals surface area (Å²) in [6, 6.07) is 0.260. The Kier molecular flexibility index (Phi) is 7.34. The highest BCUT2D eigenvalue weighted by molar-refractivity contribution is 5.85. The summed E-state index contributed by atoms with van der Waals surface area (Å²) in [7, 11) is 0. The maximum atomic E-state index is 5.48. The van der Waals surface area contributed by atoms with Crippen LogP contribution in [-0.2, 0) is 11.2 Å². The van der Waals surface area contributed by atoms with Crippen LogP contribution in [0.3, 0.4) is 0 Å². The van der Waals surface area contributed by atoms with Gasteiger partial charge in [-0.05, 0) is 33.2 Å². The van der Waals surface area contributed by atoms with E-state index in [9.17, 15) is 0 Å². The summed E-state index contributed by atoms with van der Waals surface area (Å²) in [5.41, 5.74) is 0. The minimum absolute atomic E-state index is 0. The first-order valence-electron chi connectivity index (χ1n) is 6.93. The molecule has 0 aromatic carbocycles. The third-order valence-electron chi connectivity index (χ3n) is 3.12. The average molecular weight is 290 g/mol. The van der Waals surface area contributed by atoms with Gasteiger partial charge in [0.15, 0.2) is 5.82 Å². The summed E-state index contributed by atoms with van der Waals surface area (Å²) in [6.45, 7) is 5.73. The Labute approximate surface area is 120 Å². The highest BCUT2D eigenvalue weighted by atomic mass is 35.5. The summed E-state index contributed by atoms with van der Waals surface area (Å²) < 4.78 is 10.7. The molecule has 1 N–H and O–H groups in total. The minimum atomic E-state index is 0. The SMILES string of the molecule is CC(C)OCCc1nc(C2CCCCCN2)no1.Cl. The summed E-state index contributed by atoms with van der Waals surface area (Å²) in [5, 5.41) is 7.54. The van der Waals surface area contributed by atoms with Crippen molar-refractivity contribution < 1.29 is 9.26 Å². The van der Waals surface area contributed by atoms with E-state index in [4.69, 9.17) is 9.26 Å². The molecular formula is C13H24ClN3O2. The average Bonchev–Trinajstić information content (AvgIpc) is 2.63. The largest absolute Gasteiger partial charge is 0.378 e. The van der Waals surface area contributed by atoms with E-state index in [1.165, 1.54) is 19.3 Å². The highest BCUT2D eigenvalue weighted by Gasteiger charge is 2.19. The lowest BCUT2D eigenvalue weighted by molar-refractivity contribution is 0.0773. The van der Waals surface area contributed by atoms with Crippen molar-refractivity contribution in [3.8, 4) is 0 Å². The molecule has 0 bridgehead atoms. The molecule has 1 fully saturated rings. The molecule has 0 spiro atoms. The van der Waals surface area contributed by atoms with E-state index in [0.29, 0.717) is 18.9 Å². The van der Waals surface area contributed by atoms with Gasteiger partial charge in [0.05, 0.1) is 25.2 Å². The molecule has 5 nitrogen and oxygen atoms in total. The molecule has 6 heteroatoms. The van der Waals surface area contributed by atoms with Gasteiger partial charge in [-0.3, -0.25) is 0 Å². The van der Waals surface area contributed by atoms with Crippen LogP contribution in [0.4, 0.5) is 0 Å². The van der Waals surface area contributed by atoms with E-state index in [0.717, 1.165) is 18.8 Å². The van der Waals surface area contributed by atoms with Crippen molar-refractivity contribution >= 4 is 12.4 Å². The molecule has 0 radical (unpaired) electrons. The fourth-order valence-corrected chi connectivity index (χ4v) is 2.14. The molecule has 1 atom stereocenters. The maximum Gasteiger partial charge on any atom is 0.229 e. The molecule has 1 aromatic heterocycles. The van der Waals surface area contributed by atoms with Crippen molar-refractivity contribution in [3.05, 3.63) is 11.7 Å². The number of aromatic nitrogens is 2. The second-order valence-corrected chi connectivity index (χ2v) is 5.07. The number of halogens is 1. The van der Waals surface area contributed by atoms with Gasteiger partial charge >= 0.3 is 0 Å². The van der Waals surface area contributed by atoms with Crippen LogP contribution in [0.1, 0.15) is 57.3 Å². The molecule has 1 unspecified atom stereocenters. The molecule has 2 rings (SSSR count). The first kappa shape index (κ1) is 16.4. The molecule has 1 aliphatic rings. The zero-order valence-electron chi connectivity index (χ0n) is 11.7. The summed E-state index contributed by atoms with van der Waals surface area (Å²) in [5.74, 6) is 1.48. The van der Waals surface area contributed by atoms with E-state index in [-0.39, 0.29) is 24.6 Å². The normalized spacial score (nSPS) is 20.1. The molecule has 110 valence electrons. The second kappa shape index (κ2) is 8.51. The van der Waals surface area contributed by atoms with Gasteiger partial charge in [0.25, 0.3) is 0 Å². The summed E-state index contributed by atoms with van der Waals surface area (Å²) in [6.07, 6.45) is 5.80. The standard InChI is InChI=1S/C13H23N3O2.ClH/c1-10(2)17-9-7-12-15-13(16-18-12)11-6-4-3-5-8-14-11;/h10-11,14H,3-9H2,1-2H3;1H. The monoisotopic (exact) mass is 289 g/mol. The molecule has 1 aromatic rings. The second-order valence-electron chi connectivity index (χ2n) is 5.07. The first-order valence-corrected chi connectivity index (χ1v) is 6.93. The zero-order chi connectivity index (χ0) is 12.8. The first-order chi connectivity index (χ1) is 8.75. The van der Waals surface area contributed by atoms with E-state index in [2.05, 4.69) is 15.5 Å². The zero-order valence-corrected chi connectivity index (χ0v) is 12.5. The van der Waals surface area contributed by atoms with E-state index in [1.807, 2.05) is 13.8 Å². The molecule has 0 aliphatic carbocycles. The fraction of sp³-hybridized carbons (Fsp3) is 0.846. The lowest BCUT2D eigenvalue weighted by Gasteiger charge is -2.09. The quantitative estimate of drug-likeness (QED) is 0.903. The number of hydrogen-bond acceptors (Lipinski definition) is 5. The van der Waals surface area contributed by atoms with Crippen LogP contribution < -0.4 is 5.32 Å². The molecule has 1 aliphatic heterocycles. The predicted octanol–water partition coefficient (Wildman–Crippen LogP) is 2.66. The molecule has 0 amide bonds. The molecule has 2 heterocycles. The van der Waals surface area contributed by atoms with Gasteiger partial charge in [-0.1, -0.05) is 18.0 Å². The van der Waals surface area contributed by atoms with Crippen LogP contribution in [0.2, 0.25) is 0 Å². The summed E-state index contributed by atoms with van der Waals surface area (Å²) in [4.78, 5) is 4.45. The maximum absolute atomic E-state index is 5.48. The van der Waals surface area contributed by atoms with Gasteiger partial charge in [-0.25, -0.2) is 0 Å². The lowest BCUT2D eigenvalue weighted by Crippen LogP contribution is -2.21. The smallest absolute Gasteiger partial charge is 0.229 e. The van der Waals surface area contributed by atoms with Gasteiger partial charge in [-0.15, -0.1) is 12.4 Å². The minimum Gasteiger partial charge on any atom is -0.378 e. The lowest BCUT2D eigenvalue weighted by atomic mass is 10.1. The Morgan fingerprint density at radius 2 is 2.21 bits per heavy atom. The van der Waals surface area contributed by atoms with E-state index >= 15 is 0 Å². The molecule has 1 saturated heterocycles. The Hall–Kier alpha value is -0.650. The van der Waals surface area contributed by atoms with Crippen molar-refractivity contribution in [3.63, 3.8) is 0 Å². The Bertz CT molecular complexity index is 349. The molecule has 0 saturated carbocycles. The van der Waals surface area contributed by atoms with Gasteiger partial charge < -0.3 is 14.6 Å². The van der Waals surface area contributed by atoms with Crippen molar-refractivity contribution in [2.75, 3.05) is 13.2 Å². The van der Waals surface area contributed by atoms with Crippen molar-refractivity contribution in [2.24, 2.45) is 0 Å². The van der Waals surface area contributed by atoms with Crippen molar-refractivity contribution in [1.29, 1.82) is 0 Å². The molecule has 19 heavy (non-hydrogen) atoms. The number of nitrogens with one attached hydrogen (secondary N) is 1. The van der Waals surface area contributed by atoms with Gasteiger partial charge in [-0.2, -0.15) is 4.98 Å². The van der Waals surface area contributed by atoms with Crippen LogP contribution in [0.15, 0.2) is 4.52 Å². The Balaban J connectivity index is 0.00000180. The number of rotatable bonds is 5. The third-order valence-corrected chi connectivity index (χ3v) is 3.12. The van der Waals surface area contributed by atoms with Gasteiger partial charge in [0, 0.05) is 0 Å².